The molecule has 0 aliphatic carbocycles. The van der Waals surface area contributed by atoms with E-state index in [9.17, 15) is 9.59 Å². The minimum atomic E-state index is 0.0372. The Bertz CT molecular complexity index is 1070. The number of benzene rings is 2. The highest BCUT2D eigenvalue weighted by atomic mass is 35.5. The van der Waals surface area contributed by atoms with E-state index >= 15 is 0 Å². The minimum absolute atomic E-state index is 0.0372. The van der Waals surface area contributed by atoms with Gasteiger partial charge in [-0.3, -0.25) is 14.2 Å². The van der Waals surface area contributed by atoms with Gasteiger partial charge < -0.3 is 5.32 Å². The van der Waals surface area contributed by atoms with Crippen LogP contribution in [0.3, 0.4) is 0 Å². The van der Waals surface area contributed by atoms with Gasteiger partial charge in [-0.1, -0.05) is 73.6 Å². The number of Topliss-reactive ketones (excluding diaryl/α,β-unsaturated/α-hetero) is 1. The number of carbonyl (C=O) groups excluding carboxylic acids is 2. The first kappa shape index (κ1) is 25.0. The number of unbranched alkanes of at least 4 members (excludes halogenated alkanes) is 1. The summed E-state index contributed by atoms with van der Waals surface area (Å²) < 4.78 is 1.95. The van der Waals surface area contributed by atoms with Crippen molar-refractivity contribution in [2.75, 3.05) is 12.3 Å². The summed E-state index contributed by atoms with van der Waals surface area (Å²) >= 11 is 7.59. The molecule has 2 aromatic carbocycles. The quantitative estimate of drug-likeness (QED) is 0.212. The molecule has 0 atom stereocenters. The molecule has 6 nitrogen and oxygen atoms in total. The zero-order valence-corrected chi connectivity index (χ0v) is 20.5. The highest BCUT2D eigenvalue weighted by Gasteiger charge is 2.17. The standard InChI is InChI=1S/C25H29ClN4O2S/c1-18(2)16-27-24(32)14-7-6-13-23-28-29-25(30(23)21-12-8-11-20(26)15-21)33-17-22(31)19-9-4-3-5-10-19/h3-5,8-12,15,18H,6-7,13-14,16-17H2,1-2H3,(H,27,32). The summed E-state index contributed by atoms with van der Waals surface area (Å²) in [6, 6.07) is 16.7. The molecule has 33 heavy (non-hydrogen) atoms. The Morgan fingerprint density at radius 1 is 1.06 bits per heavy atom. The number of thioether (sulfide) groups is 1. The van der Waals surface area contributed by atoms with E-state index < -0.39 is 0 Å². The van der Waals surface area contributed by atoms with Crippen LogP contribution in [-0.2, 0) is 11.2 Å². The third kappa shape index (κ3) is 7.72. The van der Waals surface area contributed by atoms with Crippen molar-refractivity contribution in [1.29, 1.82) is 0 Å². The van der Waals surface area contributed by atoms with E-state index in [1.54, 1.807) is 0 Å². The summed E-state index contributed by atoms with van der Waals surface area (Å²) in [5.74, 6) is 1.61. The highest BCUT2D eigenvalue weighted by molar-refractivity contribution is 7.99. The van der Waals surface area contributed by atoms with Gasteiger partial charge in [-0.15, -0.1) is 10.2 Å². The molecule has 0 saturated carbocycles. The Hall–Kier alpha value is -2.64. The average molecular weight is 485 g/mol. The maximum absolute atomic E-state index is 12.6. The largest absolute Gasteiger partial charge is 0.356 e. The number of amides is 1. The second kappa shape index (κ2) is 12.6. The van der Waals surface area contributed by atoms with Gasteiger partial charge >= 0.3 is 0 Å². The van der Waals surface area contributed by atoms with Gasteiger partial charge in [0.25, 0.3) is 0 Å². The molecule has 0 radical (unpaired) electrons. The summed E-state index contributed by atoms with van der Waals surface area (Å²) in [4.78, 5) is 24.5. The van der Waals surface area contributed by atoms with Crippen LogP contribution in [0.5, 0.6) is 0 Å². The van der Waals surface area contributed by atoms with Crippen LogP contribution in [0.4, 0.5) is 0 Å². The van der Waals surface area contributed by atoms with E-state index in [0.717, 1.165) is 24.4 Å². The number of aryl methyl sites for hydroxylation is 1. The molecule has 174 valence electrons. The summed E-state index contributed by atoms with van der Waals surface area (Å²) in [7, 11) is 0. The van der Waals surface area contributed by atoms with Gasteiger partial charge in [0.05, 0.1) is 11.4 Å². The molecule has 1 aromatic heterocycles. The van der Waals surface area contributed by atoms with Crippen molar-refractivity contribution in [3.63, 3.8) is 0 Å². The lowest BCUT2D eigenvalue weighted by molar-refractivity contribution is -0.121. The Labute approximate surface area is 204 Å². The van der Waals surface area contributed by atoms with Crippen LogP contribution < -0.4 is 5.32 Å². The molecule has 0 unspecified atom stereocenters. The number of hydrogen-bond donors (Lipinski definition) is 1. The fourth-order valence-corrected chi connectivity index (χ4v) is 4.29. The second-order valence-electron chi connectivity index (χ2n) is 8.20. The van der Waals surface area contributed by atoms with Gasteiger partial charge in [0.1, 0.15) is 5.82 Å². The Balaban J connectivity index is 1.67. The number of rotatable bonds is 12. The first-order valence-electron chi connectivity index (χ1n) is 11.1. The smallest absolute Gasteiger partial charge is 0.220 e. The molecule has 1 N–H and O–H groups in total. The van der Waals surface area contributed by atoms with Crippen molar-refractivity contribution >= 4 is 35.1 Å². The molecule has 1 amide bonds. The summed E-state index contributed by atoms with van der Waals surface area (Å²) in [6.45, 7) is 4.85. The fraction of sp³-hybridized carbons (Fsp3) is 0.360. The molecule has 0 saturated heterocycles. The summed E-state index contributed by atoms with van der Waals surface area (Å²) in [6.07, 6.45) is 2.73. The third-order valence-electron chi connectivity index (χ3n) is 4.96. The molecule has 0 aliphatic heterocycles. The van der Waals surface area contributed by atoms with Gasteiger partial charge in [-0.2, -0.15) is 0 Å². The number of ketones is 1. The zero-order valence-electron chi connectivity index (χ0n) is 19.0. The van der Waals surface area contributed by atoms with Crippen LogP contribution in [0.15, 0.2) is 59.8 Å². The number of carbonyl (C=O) groups is 2. The Kier molecular flexibility index (Phi) is 9.51. The van der Waals surface area contributed by atoms with E-state index in [2.05, 4.69) is 29.4 Å². The number of nitrogens with zero attached hydrogens (tertiary/aromatic N) is 3. The topological polar surface area (TPSA) is 76.9 Å². The number of nitrogens with one attached hydrogen (secondary N) is 1. The predicted octanol–water partition coefficient (Wildman–Crippen LogP) is 5.38. The van der Waals surface area contributed by atoms with E-state index in [1.165, 1.54) is 11.8 Å². The molecule has 0 fully saturated rings. The third-order valence-corrected chi connectivity index (χ3v) is 6.12. The van der Waals surface area contributed by atoms with Gasteiger partial charge in [-0.25, -0.2) is 0 Å². The van der Waals surface area contributed by atoms with Gasteiger partial charge in [0.15, 0.2) is 10.9 Å². The normalized spacial score (nSPS) is 11.0. The SMILES string of the molecule is CC(C)CNC(=O)CCCCc1nnc(SCC(=O)c2ccccc2)n1-c1cccc(Cl)c1. The minimum Gasteiger partial charge on any atom is -0.356 e. The molecule has 3 aromatic rings. The lowest BCUT2D eigenvalue weighted by Gasteiger charge is -2.11. The fourth-order valence-electron chi connectivity index (χ4n) is 3.24. The van der Waals surface area contributed by atoms with Crippen LogP contribution >= 0.6 is 23.4 Å². The highest BCUT2D eigenvalue weighted by Crippen LogP contribution is 2.25. The Morgan fingerprint density at radius 2 is 1.85 bits per heavy atom. The molecule has 0 bridgehead atoms. The van der Waals surface area contributed by atoms with E-state index in [4.69, 9.17) is 11.6 Å². The van der Waals surface area contributed by atoms with Gasteiger partial charge in [0.2, 0.25) is 5.91 Å². The maximum Gasteiger partial charge on any atom is 0.220 e. The predicted molar refractivity (Wildman–Crippen MR) is 133 cm³/mol. The Morgan fingerprint density at radius 3 is 2.58 bits per heavy atom. The van der Waals surface area contributed by atoms with Gasteiger partial charge in [-0.05, 0) is 37.0 Å². The first-order valence-corrected chi connectivity index (χ1v) is 12.5. The molecular weight excluding hydrogens is 456 g/mol. The van der Waals surface area contributed by atoms with Crippen LogP contribution in [-0.4, -0.2) is 38.8 Å². The molecular formula is C25H29ClN4O2S. The number of halogens is 1. The second-order valence-corrected chi connectivity index (χ2v) is 9.58. The van der Waals surface area contributed by atoms with Crippen LogP contribution in [0.25, 0.3) is 5.69 Å². The number of hydrogen-bond acceptors (Lipinski definition) is 5. The van der Waals surface area contributed by atoms with Crippen LogP contribution in [0.1, 0.15) is 49.3 Å². The number of aromatic nitrogens is 3. The van der Waals surface area contributed by atoms with Crippen molar-refractivity contribution in [3.05, 3.63) is 71.0 Å². The lowest BCUT2D eigenvalue weighted by atomic mass is 10.1. The monoisotopic (exact) mass is 484 g/mol. The average Bonchev–Trinajstić information content (AvgIpc) is 3.22. The zero-order chi connectivity index (χ0) is 23.6. The molecule has 0 spiro atoms. The van der Waals surface area contributed by atoms with E-state index in [1.807, 2.05) is 59.2 Å². The molecule has 3 rings (SSSR count). The van der Waals surface area contributed by atoms with Crippen molar-refractivity contribution < 1.29 is 9.59 Å². The van der Waals surface area contributed by atoms with Gasteiger partial charge in [0, 0.05) is 30.0 Å². The molecule has 1 heterocycles. The van der Waals surface area contributed by atoms with Crippen molar-refractivity contribution in [2.24, 2.45) is 5.92 Å². The summed E-state index contributed by atoms with van der Waals surface area (Å²) in [5.41, 5.74) is 1.53. The van der Waals surface area contributed by atoms with Crippen molar-refractivity contribution in [1.82, 2.24) is 20.1 Å². The lowest BCUT2D eigenvalue weighted by Crippen LogP contribution is -2.26. The van der Waals surface area contributed by atoms with Crippen LogP contribution in [0.2, 0.25) is 5.02 Å². The maximum atomic E-state index is 12.6. The molecule has 0 aliphatic rings. The summed E-state index contributed by atoms with van der Waals surface area (Å²) in [5, 5.41) is 12.9. The van der Waals surface area contributed by atoms with Crippen molar-refractivity contribution in [2.45, 2.75) is 44.7 Å². The van der Waals surface area contributed by atoms with E-state index in [0.29, 0.717) is 41.0 Å². The van der Waals surface area contributed by atoms with Crippen LogP contribution in [0, 0.1) is 5.92 Å². The van der Waals surface area contributed by atoms with Crippen molar-refractivity contribution in [3.8, 4) is 5.69 Å². The van der Waals surface area contributed by atoms with E-state index in [-0.39, 0.29) is 17.4 Å². The first-order chi connectivity index (χ1) is 15.9. The molecule has 8 heteroatoms.